The highest BCUT2D eigenvalue weighted by molar-refractivity contribution is 6.30. The molecule has 1 aliphatic heterocycles. The van der Waals surface area contributed by atoms with E-state index in [4.69, 9.17) is 22.2 Å². The minimum Gasteiger partial charge on any atom is -0.504 e. The van der Waals surface area contributed by atoms with Gasteiger partial charge in [0.1, 0.15) is 0 Å². The predicted molar refractivity (Wildman–Crippen MR) is 127 cm³/mol. The molecule has 0 aromatic heterocycles. The second kappa shape index (κ2) is 14.1. The number of likely N-dealkylation sites (tertiary alicyclic amines) is 1. The van der Waals surface area contributed by atoms with Crippen molar-refractivity contribution in [2.45, 2.75) is 19.8 Å². The fraction of sp³-hybridized carbons (Fsp3) is 0.304. The molecule has 4 nitrogen and oxygen atoms in total. The lowest BCUT2D eigenvalue weighted by molar-refractivity contribution is 0.270. The van der Waals surface area contributed by atoms with Crippen molar-refractivity contribution in [3.63, 3.8) is 0 Å². The fourth-order valence-corrected chi connectivity index (χ4v) is 2.99. The first kappa shape index (κ1) is 25.1. The van der Waals surface area contributed by atoms with E-state index in [0.29, 0.717) is 0 Å². The van der Waals surface area contributed by atoms with Crippen molar-refractivity contribution < 1.29 is 4.74 Å². The van der Waals surface area contributed by atoms with Crippen LogP contribution in [0.1, 0.15) is 24.0 Å². The molecule has 1 saturated heterocycles. The lowest BCUT2D eigenvalue weighted by atomic mass is 10.1. The smallest absolute Gasteiger partial charge is 0.0817 e. The molecule has 3 rings (SSSR count). The summed E-state index contributed by atoms with van der Waals surface area (Å²) < 4.78 is 5.06. The van der Waals surface area contributed by atoms with Gasteiger partial charge in [-0.1, -0.05) is 53.6 Å². The monoisotopic (exact) mass is 435 g/mol. The number of piperidine rings is 1. The van der Waals surface area contributed by atoms with Crippen molar-refractivity contribution in [1.82, 2.24) is 4.90 Å². The van der Waals surface area contributed by atoms with Crippen LogP contribution in [0.15, 0.2) is 66.4 Å². The summed E-state index contributed by atoms with van der Waals surface area (Å²) in [7, 11) is 1.72. The Morgan fingerprint density at radius 2 is 1.69 bits per heavy atom. The molecule has 2 aromatic carbocycles. The molecule has 1 aliphatic rings. The molecule has 0 radical (unpaired) electrons. The van der Waals surface area contributed by atoms with Crippen LogP contribution in [0.3, 0.4) is 0 Å². The zero-order valence-corrected chi connectivity index (χ0v) is 18.7. The third-order valence-corrected chi connectivity index (χ3v) is 4.80. The number of benzene rings is 2. The Kier molecular flexibility index (Phi) is 12.2. The van der Waals surface area contributed by atoms with Gasteiger partial charge in [0.15, 0.2) is 0 Å². The van der Waals surface area contributed by atoms with Crippen LogP contribution in [0.5, 0.6) is 0 Å². The first-order valence-corrected chi connectivity index (χ1v) is 9.87. The van der Waals surface area contributed by atoms with Gasteiger partial charge in [-0.2, -0.15) is 0 Å². The summed E-state index contributed by atoms with van der Waals surface area (Å²) in [5.41, 5.74) is 7.36. The molecule has 0 atom stereocenters. The number of nitrogens with two attached hydrogens (primary N) is 1. The van der Waals surface area contributed by atoms with Crippen LogP contribution < -0.4 is 11.3 Å². The van der Waals surface area contributed by atoms with Crippen molar-refractivity contribution >= 4 is 35.8 Å². The molecule has 2 aromatic rings. The molecule has 0 saturated carbocycles. The number of ether oxygens (including phenoxy) is 1. The van der Waals surface area contributed by atoms with Gasteiger partial charge in [0.25, 0.3) is 0 Å². The van der Waals surface area contributed by atoms with E-state index in [1.807, 2.05) is 61.7 Å². The van der Waals surface area contributed by atoms with E-state index in [-0.39, 0.29) is 12.4 Å². The van der Waals surface area contributed by atoms with E-state index >= 15 is 0 Å². The highest BCUT2D eigenvalue weighted by Gasteiger charge is 2.12. The zero-order chi connectivity index (χ0) is 20.2. The molecule has 6 heteroatoms. The number of hydrogen-bond acceptors (Lipinski definition) is 4. The Morgan fingerprint density at radius 1 is 1.07 bits per heavy atom. The van der Waals surface area contributed by atoms with E-state index in [9.17, 15) is 0 Å². The molecule has 0 amide bonds. The summed E-state index contributed by atoms with van der Waals surface area (Å²) in [5, 5.41) is 0.783. The average Bonchev–Trinajstić information content (AvgIpc) is 2.72. The van der Waals surface area contributed by atoms with Gasteiger partial charge < -0.3 is 10.2 Å². The number of nitrogens with one attached hydrogen (secondary N) is 1. The quantitative estimate of drug-likeness (QED) is 0.360. The van der Waals surface area contributed by atoms with E-state index in [0.717, 1.165) is 43.2 Å². The largest absolute Gasteiger partial charge is 0.504 e. The van der Waals surface area contributed by atoms with Crippen LogP contribution in [0.25, 0.3) is 6.08 Å². The zero-order valence-electron chi connectivity index (χ0n) is 17.1. The molecule has 0 aliphatic carbocycles. The fourth-order valence-electron chi connectivity index (χ4n) is 2.87. The summed E-state index contributed by atoms with van der Waals surface area (Å²) in [4.78, 5) is 2.46. The molecule has 3 N–H and O–H groups in total. The average molecular weight is 436 g/mol. The first-order valence-electron chi connectivity index (χ1n) is 9.49. The molecular formula is C23H31Cl2N3O. The van der Waals surface area contributed by atoms with Crippen molar-refractivity contribution in [3.05, 3.63) is 82.6 Å². The van der Waals surface area contributed by atoms with Crippen molar-refractivity contribution in [2.24, 2.45) is 5.84 Å². The molecule has 0 unspecified atom stereocenters. The molecule has 1 fully saturated rings. The van der Waals surface area contributed by atoms with Crippen LogP contribution >= 0.6 is 24.0 Å². The number of anilines is 1. The first-order chi connectivity index (χ1) is 13.6. The number of hydrazine groups is 1. The molecule has 29 heavy (non-hydrogen) atoms. The number of aryl methyl sites for hydroxylation is 1. The summed E-state index contributed by atoms with van der Waals surface area (Å²) in [6.45, 7) is 5.27. The van der Waals surface area contributed by atoms with Gasteiger partial charge in [0.05, 0.1) is 13.4 Å². The predicted octanol–water partition coefficient (Wildman–Crippen LogP) is 5.68. The standard InChI is InChI=1S/C16H20ClNO.C7H10N2.ClH/c1-19-13-15-8-11-18(12-9-15)10-2-3-14-4-6-16(17)7-5-14;1-6-2-4-7(9-8)5-3-6;/h2-7,13H,8-12H2,1H3;2-5,9H,8H2,1H3;1H. The van der Waals surface area contributed by atoms with Crippen molar-refractivity contribution in [2.75, 3.05) is 32.2 Å². The number of halogens is 2. The van der Waals surface area contributed by atoms with Gasteiger partial charge >= 0.3 is 0 Å². The lowest BCUT2D eigenvalue weighted by Crippen LogP contribution is -2.30. The normalized spacial score (nSPS) is 13.9. The third kappa shape index (κ3) is 9.86. The van der Waals surface area contributed by atoms with Crippen molar-refractivity contribution in [1.29, 1.82) is 0 Å². The number of nitrogen functional groups attached to an aromatic ring is 1. The van der Waals surface area contributed by atoms with Gasteiger partial charge in [-0.05, 0) is 55.2 Å². The molecule has 158 valence electrons. The topological polar surface area (TPSA) is 50.5 Å². The summed E-state index contributed by atoms with van der Waals surface area (Å²) >= 11 is 5.86. The Labute approximate surface area is 185 Å². The Morgan fingerprint density at radius 3 is 2.24 bits per heavy atom. The second-order valence-electron chi connectivity index (χ2n) is 6.78. The van der Waals surface area contributed by atoms with E-state index in [1.165, 1.54) is 16.7 Å². The van der Waals surface area contributed by atoms with Crippen LogP contribution in [0, 0.1) is 6.92 Å². The second-order valence-corrected chi connectivity index (χ2v) is 7.21. The van der Waals surface area contributed by atoms with Gasteiger partial charge in [-0.25, -0.2) is 0 Å². The van der Waals surface area contributed by atoms with E-state index in [2.05, 4.69) is 22.5 Å². The van der Waals surface area contributed by atoms with Crippen LogP contribution in [-0.2, 0) is 4.74 Å². The van der Waals surface area contributed by atoms with Crippen LogP contribution in [0.4, 0.5) is 5.69 Å². The van der Waals surface area contributed by atoms with E-state index < -0.39 is 0 Å². The van der Waals surface area contributed by atoms with Crippen molar-refractivity contribution in [3.8, 4) is 0 Å². The molecule has 0 spiro atoms. The van der Waals surface area contributed by atoms with Gasteiger partial charge in [0, 0.05) is 30.3 Å². The maximum Gasteiger partial charge on any atom is 0.0817 e. The minimum absolute atomic E-state index is 0. The lowest BCUT2D eigenvalue weighted by Gasteiger charge is -2.26. The molecule has 0 bridgehead atoms. The van der Waals surface area contributed by atoms with Gasteiger partial charge in [-0.3, -0.25) is 10.7 Å². The van der Waals surface area contributed by atoms with Crippen LogP contribution in [0.2, 0.25) is 5.02 Å². The molecular weight excluding hydrogens is 405 g/mol. The number of hydrogen-bond donors (Lipinski definition) is 2. The van der Waals surface area contributed by atoms with Gasteiger partial charge in [-0.15, -0.1) is 12.4 Å². The Bertz CT molecular complexity index is 749. The Balaban J connectivity index is 0.000000355. The molecule has 1 heterocycles. The highest BCUT2D eigenvalue weighted by atomic mass is 35.5. The number of methoxy groups -OCH3 is 1. The number of rotatable bonds is 5. The van der Waals surface area contributed by atoms with Gasteiger partial charge in [0.2, 0.25) is 0 Å². The van der Waals surface area contributed by atoms with Crippen LogP contribution in [-0.4, -0.2) is 31.6 Å². The summed E-state index contributed by atoms with van der Waals surface area (Å²) in [6.07, 6.45) is 8.48. The minimum atomic E-state index is 0. The third-order valence-electron chi connectivity index (χ3n) is 4.54. The Hall–Kier alpha value is -1.98. The highest BCUT2D eigenvalue weighted by Crippen LogP contribution is 2.16. The SMILES string of the molecule is COC=C1CCN(CC=Cc2ccc(Cl)cc2)CC1.Cc1ccc(NN)cc1.Cl. The number of nitrogens with zero attached hydrogens (tertiary/aromatic N) is 1. The summed E-state index contributed by atoms with van der Waals surface area (Å²) in [6, 6.07) is 15.8. The van der Waals surface area contributed by atoms with E-state index in [1.54, 1.807) is 7.11 Å². The summed E-state index contributed by atoms with van der Waals surface area (Å²) in [5.74, 6) is 5.15. The maximum atomic E-state index is 5.86. The maximum absolute atomic E-state index is 5.86.